The van der Waals surface area contributed by atoms with Crippen molar-refractivity contribution in [2.24, 2.45) is 5.92 Å². The molecule has 2 aromatic rings. The van der Waals surface area contributed by atoms with Crippen LogP contribution in [0.3, 0.4) is 0 Å². The smallest absolute Gasteiger partial charge is 0.335 e. The summed E-state index contributed by atoms with van der Waals surface area (Å²) in [5, 5.41) is 21.1. The third-order valence-electron chi connectivity index (χ3n) is 3.55. The van der Waals surface area contributed by atoms with E-state index >= 15 is 0 Å². The van der Waals surface area contributed by atoms with Gasteiger partial charge in [0.25, 0.3) is 5.56 Å². The van der Waals surface area contributed by atoms with Crippen molar-refractivity contribution >= 4 is 29.4 Å². The van der Waals surface area contributed by atoms with E-state index in [1.807, 2.05) is 0 Å². The molecule has 1 aromatic heterocycles. The molecule has 10 nitrogen and oxygen atoms in total. The summed E-state index contributed by atoms with van der Waals surface area (Å²) in [5.74, 6) is -3.38. The van der Waals surface area contributed by atoms with Crippen LogP contribution in [0.1, 0.15) is 15.9 Å². The minimum Gasteiger partial charge on any atom is -0.481 e. The molecule has 0 saturated carbocycles. The molecule has 0 spiro atoms. The number of aliphatic carboxylic acids is 1. The lowest BCUT2D eigenvalue weighted by atomic mass is 10.0. The van der Waals surface area contributed by atoms with Crippen LogP contribution in [0.2, 0.25) is 0 Å². The van der Waals surface area contributed by atoms with Crippen LogP contribution in [0.15, 0.2) is 29.1 Å². The summed E-state index contributed by atoms with van der Waals surface area (Å²) in [6, 6.07) is 5.84. The van der Waals surface area contributed by atoms with E-state index in [1.54, 1.807) is 0 Å². The highest BCUT2D eigenvalue weighted by molar-refractivity contribution is 5.88. The van der Waals surface area contributed by atoms with Crippen LogP contribution < -0.4 is 22.3 Å². The number of H-pyrrole nitrogens is 1. The standard InChI is InChI=1S/C15H17N5O5/c16-11-10(12(21)20-15(17)19-11)5-8(14(24)25)6-18-9-3-1-7(2-4-9)13(22)23/h1-4,8,18H,5-6H2,(H,22,23)(H,24,25)(H5,16,17,19,20,21). The van der Waals surface area contributed by atoms with Gasteiger partial charge in [0, 0.05) is 12.2 Å². The van der Waals surface area contributed by atoms with Crippen molar-refractivity contribution in [3.63, 3.8) is 0 Å². The van der Waals surface area contributed by atoms with Crippen molar-refractivity contribution < 1.29 is 19.8 Å². The minimum absolute atomic E-state index is 0.00497. The Morgan fingerprint density at radius 3 is 2.36 bits per heavy atom. The van der Waals surface area contributed by atoms with Crippen molar-refractivity contribution in [1.29, 1.82) is 0 Å². The lowest BCUT2D eigenvalue weighted by Gasteiger charge is -2.15. The molecule has 1 aromatic carbocycles. The number of nitrogens with one attached hydrogen (secondary N) is 2. The second kappa shape index (κ2) is 7.34. The van der Waals surface area contributed by atoms with Gasteiger partial charge in [-0.1, -0.05) is 0 Å². The van der Waals surface area contributed by atoms with Gasteiger partial charge in [0.1, 0.15) is 5.82 Å². The Morgan fingerprint density at radius 2 is 1.84 bits per heavy atom. The second-order valence-electron chi connectivity index (χ2n) is 5.32. The zero-order chi connectivity index (χ0) is 18.6. The molecule has 0 radical (unpaired) electrons. The van der Waals surface area contributed by atoms with Gasteiger partial charge in [-0.2, -0.15) is 4.98 Å². The third-order valence-corrected chi connectivity index (χ3v) is 3.55. The first kappa shape index (κ1) is 17.8. The number of carboxylic acids is 2. The summed E-state index contributed by atoms with van der Waals surface area (Å²) in [5.41, 5.74) is 11.1. The number of aromatic amines is 1. The number of benzene rings is 1. The number of rotatable bonds is 7. The van der Waals surface area contributed by atoms with Crippen LogP contribution in [0.4, 0.5) is 17.5 Å². The molecule has 1 heterocycles. The number of carbonyl (C=O) groups is 2. The van der Waals surface area contributed by atoms with Crippen molar-refractivity contribution in [1.82, 2.24) is 9.97 Å². The van der Waals surface area contributed by atoms with Gasteiger partial charge < -0.3 is 27.0 Å². The topological polar surface area (TPSA) is 184 Å². The molecule has 1 atom stereocenters. The van der Waals surface area contributed by atoms with Crippen molar-refractivity contribution in [3.8, 4) is 0 Å². The second-order valence-corrected chi connectivity index (χ2v) is 5.32. The molecule has 132 valence electrons. The van der Waals surface area contributed by atoms with E-state index in [4.69, 9.17) is 16.6 Å². The van der Waals surface area contributed by atoms with Crippen molar-refractivity contribution in [2.45, 2.75) is 6.42 Å². The Morgan fingerprint density at radius 1 is 1.20 bits per heavy atom. The van der Waals surface area contributed by atoms with E-state index in [2.05, 4.69) is 15.3 Å². The molecule has 25 heavy (non-hydrogen) atoms. The number of aromatic carboxylic acids is 1. The van der Waals surface area contributed by atoms with E-state index in [-0.39, 0.29) is 35.9 Å². The fraction of sp³-hybridized carbons (Fsp3) is 0.200. The Hall–Kier alpha value is -3.56. The lowest BCUT2D eigenvalue weighted by Crippen LogP contribution is -2.29. The van der Waals surface area contributed by atoms with E-state index < -0.39 is 23.4 Å². The van der Waals surface area contributed by atoms with Crippen LogP contribution in [0.25, 0.3) is 0 Å². The monoisotopic (exact) mass is 347 g/mol. The molecule has 10 heteroatoms. The van der Waals surface area contributed by atoms with Gasteiger partial charge >= 0.3 is 11.9 Å². The molecular formula is C15H17N5O5. The molecule has 0 aliphatic rings. The maximum atomic E-state index is 11.9. The number of nitrogens with zero attached hydrogens (tertiary/aromatic N) is 1. The van der Waals surface area contributed by atoms with Crippen LogP contribution in [-0.2, 0) is 11.2 Å². The molecule has 1 unspecified atom stereocenters. The number of nitrogen functional groups attached to an aromatic ring is 2. The largest absolute Gasteiger partial charge is 0.481 e. The van der Waals surface area contributed by atoms with Crippen LogP contribution in [-0.4, -0.2) is 38.7 Å². The fourth-order valence-electron chi connectivity index (χ4n) is 2.20. The Labute approximate surface area is 141 Å². The van der Waals surface area contributed by atoms with Crippen molar-refractivity contribution in [3.05, 3.63) is 45.7 Å². The SMILES string of the molecule is Nc1nc(N)c(CC(CNc2ccc(C(=O)O)cc2)C(=O)O)c(=O)[nH]1. The maximum absolute atomic E-state index is 11.9. The summed E-state index contributed by atoms with van der Waals surface area (Å²) in [7, 11) is 0. The Bertz CT molecular complexity index is 846. The first-order chi connectivity index (χ1) is 11.8. The Kier molecular flexibility index (Phi) is 5.22. The van der Waals surface area contributed by atoms with Crippen molar-refractivity contribution in [2.75, 3.05) is 23.3 Å². The lowest BCUT2D eigenvalue weighted by molar-refractivity contribution is -0.141. The number of carboxylic acid groups (broad SMARTS) is 2. The summed E-state index contributed by atoms with van der Waals surface area (Å²) in [4.78, 5) is 40.1. The highest BCUT2D eigenvalue weighted by Gasteiger charge is 2.22. The number of nitrogens with two attached hydrogens (primary N) is 2. The normalized spacial score (nSPS) is 11.7. The fourth-order valence-corrected chi connectivity index (χ4v) is 2.20. The van der Waals surface area contributed by atoms with Gasteiger partial charge in [0.15, 0.2) is 0 Å². The van der Waals surface area contributed by atoms with Gasteiger partial charge in [-0.25, -0.2) is 4.79 Å². The predicted molar refractivity (Wildman–Crippen MR) is 90.4 cm³/mol. The van der Waals surface area contributed by atoms with Gasteiger partial charge in [-0.3, -0.25) is 14.6 Å². The predicted octanol–water partition coefficient (Wildman–Crippen LogP) is -0.0121. The summed E-state index contributed by atoms with van der Waals surface area (Å²) >= 11 is 0. The molecule has 0 saturated heterocycles. The molecule has 8 N–H and O–H groups in total. The average molecular weight is 347 g/mol. The highest BCUT2D eigenvalue weighted by Crippen LogP contribution is 2.14. The van der Waals surface area contributed by atoms with Gasteiger partial charge in [0.05, 0.1) is 17.0 Å². The molecule has 0 aliphatic carbocycles. The highest BCUT2D eigenvalue weighted by atomic mass is 16.4. The number of anilines is 3. The molecular weight excluding hydrogens is 330 g/mol. The average Bonchev–Trinajstić information content (AvgIpc) is 2.53. The number of hydrogen-bond acceptors (Lipinski definition) is 7. The minimum atomic E-state index is -1.12. The number of hydrogen-bond donors (Lipinski definition) is 6. The zero-order valence-electron chi connectivity index (χ0n) is 13.0. The molecule has 2 rings (SSSR count). The van der Waals surface area contributed by atoms with Gasteiger partial charge in [-0.05, 0) is 30.7 Å². The van der Waals surface area contributed by atoms with Gasteiger partial charge in [0.2, 0.25) is 5.95 Å². The van der Waals surface area contributed by atoms with Crippen LogP contribution in [0, 0.1) is 5.92 Å². The summed E-state index contributed by atoms with van der Waals surface area (Å²) < 4.78 is 0. The van der Waals surface area contributed by atoms with E-state index in [9.17, 15) is 19.5 Å². The van der Waals surface area contributed by atoms with Gasteiger partial charge in [-0.15, -0.1) is 0 Å². The zero-order valence-corrected chi connectivity index (χ0v) is 13.0. The van der Waals surface area contributed by atoms with E-state index in [0.717, 1.165) is 0 Å². The number of aromatic nitrogens is 2. The molecule has 0 bridgehead atoms. The third kappa shape index (κ3) is 4.47. The first-order valence-electron chi connectivity index (χ1n) is 7.22. The maximum Gasteiger partial charge on any atom is 0.335 e. The van der Waals surface area contributed by atoms with E-state index in [0.29, 0.717) is 5.69 Å². The quantitative estimate of drug-likeness (QED) is 0.400. The molecule has 0 aliphatic heterocycles. The Balaban J connectivity index is 2.10. The molecule has 0 fully saturated rings. The summed E-state index contributed by atoms with van der Waals surface area (Å²) in [6.07, 6.45) is -0.135. The van der Waals surface area contributed by atoms with E-state index in [1.165, 1.54) is 24.3 Å². The van der Waals surface area contributed by atoms with Crippen LogP contribution >= 0.6 is 0 Å². The first-order valence-corrected chi connectivity index (χ1v) is 7.22. The molecule has 0 amide bonds. The van der Waals surface area contributed by atoms with Crippen LogP contribution in [0.5, 0.6) is 0 Å². The summed E-state index contributed by atoms with van der Waals surface area (Å²) in [6.45, 7) is 0.00497.